The maximum Gasteiger partial charge on any atom is 0.186 e. The van der Waals surface area contributed by atoms with Crippen LogP contribution in [0.15, 0.2) is 4.99 Å². The number of rotatable bonds is 3. The van der Waals surface area contributed by atoms with Crippen molar-refractivity contribution in [3.05, 3.63) is 0 Å². The predicted octanol–water partition coefficient (Wildman–Crippen LogP) is 1.18. The molecule has 1 aliphatic rings. The smallest absolute Gasteiger partial charge is 0.186 e. The molecule has 0 amide bonds. The molecule has 3 nitrogen and oxygen atoms in total. The van der Waals surface area contributed by atoms with Crippen molar-refractivity contribution in [1.29, 1.82) is 0 Å². The lowest BCUT2D eigenvalue weighted by atomic mass is 9.87. The first-order chi connectivity index (χ1) is 6.22. The molecule has 0 aromatic rings. The molecule has 4 heteroatoms. The molecule has 1 aliphatic carbocycles. The topological polar surface area (TPSA) is 64.4 Å². The molecule has 4 N–H and O–H groups in total. The normalized spacial score (nSPS) is 28.4. The third kappa shape index (κ3) is 3.89. The number of nitrogens with zero attached hydrogens (tertiary/aromatic N) is 1. The fourth-order valence-corrected chi connectivity index (χ4v) is 2.69. The van der Waals surface area contributed by atoms with Gasteiger partial charge in [0.05, 0.1) is 6.04 Å². The first-order valence-electron chi connectivity index (χ1n) is 4.80. The molecule has 0 unspecified atom stereocenters. The molecule has 1 fully saturated rings. The maximum atomic E-state index is 5.34. The second kappa shape index (κ2) is 5.37. The molecule has 0 bridgehead atoms. The van der Waals surface area contributed by atoms with Gasteiger partial charge in [-0.05, 0) is 43.6 Å². The van der Waals surface area contributed by atoms with Gasteiger partial charge < -0.3 is 11.5 Å². The number of hydrogen-bond donors (Lipinski definition) is 2. The van der Waals surface area contributed by atoms with Crippen LogP contribution in [0.2, 0.25) is 0 Å². The Morgan fingerprint density at radius 1 is 1.31 bits per heavy atom. The van der Waals surface area contributed by atoms with Gasteiger partial charge in [-0.25, -0.2) is 0 Å². The highest BCUT2D eigenvalue weighted by Gasteiger charge is 2.19. The molecule has 13 heavy (non-hydrogen) atoms. The van der Waals surface area contributed by atoms with Crippen molar-refractivity contribution < 1.29 is 0 Å². The number of aliphatic imine (C=N–C) groups is 1. The highest BCUT2D eigenvalue weighted by atomic mass is 32.2. The lowest BCUT2D eigenvalue weighted by Gasteiger charge is -2.25. The minimum Gasteiger partial charge on any atom is -0.370 e. The molecule has 1 saturated carbocycles. The summed E-state index contributed by atoms with van der Waals surface area (Å²) in [6.07, 6.45) is 7.04. The summed E-state index contributed by atoms with van der Waals surface area (Å²) in [7, 11) is 0. The van der Waals surface area contributed by atoms with Crippen molar-refractivity contribution in [2.75, 3.05) is 12.0 Å². The van der Waals surface area contributed by atoms with E-state index in [-0.39, 0.29) is 5.96 Å². The van der Waals surface area contributed by atoms with E-state index in [0.29, 0.717) is 6.04 Å². The Kier molecular flexibility index (Phi) is 4.42. The second-order valence-corrected chi connectivity index (χ2v) is 4.59. The summed E-state index contributed by atoms with van der Waals surface area (Å²) in [5, 5.41) is 0. The van der Waals surface area contributed by atoms with Crippen LogP contribution in [0.4, 0.5) is 0 Å². The molecule has 1 rings (SSSR count). The highest BCUT2D eigenvalue weighted by Crippen LogP contribution is 2.27. The molecule has 0 spiro atoms. The lowest BCUT2D eigenvalue weighted by molar-refractivity contribution is 0.354. The molecule has 0 atom stereocenters. The molecule has 76 valence electrons. The van der Waals surface area contributed by atoms with Gasteiger partial charge in [-0.1, -0.05) is 0 Å². The van der Waals surface area contributed by atoms with E-state index in [4.69, 9.17) is 11.5 Å². The largest absolute Gasteiger partial charge is 0.370 e. The van der Waals surface area contributed by atoms with Crippen LogP contribution in [0.5, 0.6) is 0 Å². The number of thioether (sulfide) groups is 1. The zero-order valence-corrected chi connectivity index (χ0v) is 9.02. The fraction of sp³-hybridized carbons (Fsp3) is 0.889. The van der Waals surface area contributed by atoms with E-state index in [1.807, 2.05) is 11.8 Å². The van der Waals surface area contributed by atoms with Crippen LogP contribution in [-0.4, -0.2) is 24.0 Å². The monoisotopic (exact) mass is 201 g/mol. The van der Waals surface area contributed by atoms with Crippen LogP contribution in [0.25, 0.3) is 0 Å². The summed E-state index contributed by atoms with van der Waals surface area (Å²) in [6.45, 7) is 0. The van der Waals surface area contributed by atoms with Crippen LogP contribution in [0.3, 0.4) is 0 Å². The Morgan fingerprint density at radius 2 is 1.92 bits per heavy atom. The zero-order valence-electron chi connectivity index (χ0n) is 8.20. The molecule has 0 aliphatic heterocycles. The summed E-state index contributed by atoms with van der Waals surface area (Å²) in [5.41, 5.74) is 10.7. The summed E-state index contributed by atoms with van der Waals surface area (Å²) >= 11 is 1.94. The van der Waals surface area contributed by atoms with E-state index in [2.05, 4.69) is 11.2 Å². The van der Waals surface area contributed by atoms with Crippen LogP contribution in [0.1, 0.15) is 25.7 Å². The van der Waals surface area contributed by atoms with E-state index in [1.165, 1.54) is 18.6 Å². The van der Waals surface area contributed by atoms with Crippen LogP contribution in [-0.2, 0) is 0 Å². The van der Waals surface area contributed by atoms with Gasteiger partial charge in [0.25, 0.3) is 0 Å². The van der Waals surface area contributed by atoms with E-state index in [9.17, 15) is 0 Å². The van der Waals surface area contributed by atoms with Gasteiger partial charge in [-0.15, -0.1) is 0 Å². The molecule has 0 heterocycles. The number of nitrogens with two attached hydrogens (primary N) is 2. The van der Waals surface area contributed by atoms with E-state index in [0.717, 1.165) is 18.8 Å². The van der Waals surface area contributed by atoms with E-state index >= 15 is 0 Å². The quantitative estimate of drug-likeness (QED) is 0.532. The van der Waals surface area contributed by atoms with E-state index < -0.39 is 0 Å². The average Bonchev–Trinajstić information content (AvgIpc) is 2.08. The van der Waals surface area contributed by atoms with Crippen molar-refractivity contribution in [2.45, 2.75) is 31.7 Å². The SMILES string of the molecule is CSCC1CCC(N=C(N)N)CC1. The first-order valence-corrected chi connectivity index (χ1v) is 6.19. The Bertz CT molecular complexity index is 170. The average molecular weight is 201 g/mol. The van der Waals surface area contributed by atoms with Crippen molar-refractivity contribution in [2.24, 2.45) is 22.4 Å². The third-order valence-corrected chi connectivity index (χ3v) is 3.36. The van der Waals surface area contributed by atoms with Crippen molar-refractivity contribution in [3.8, 4) is 0 Å². The molecule has 0 radical (unpaired) electrons. The first kappa shape index (κ1) is 10.7. The highest BCUT2D eigenvalue weighted by molar-refractivity contribution is 7.98. The van der Waals surface area contributed by atoms with Crippen LogP contribution in [0, 0.1) is 5.92 Å². The number of hydrogen-bond acceptors (Lipinski definition) is 2. The molecule has 0 saturated heterocycles. The van der Waals surface area contributed by atoms with Crippen molar-refractivity contribution in [3.63, 3.8) is 0 Å². The minimum absolute atomic E-state index is 0.244. The molecular formula is C9H19N3S. The minimum atomic E-state index is 0.244. The lowest BCUT2D eigenvalue weighted by Crippen LogP contribution is -2.27. The summed E-state index contributed by atoms with van der Waals surface area (Å²) < 4.78 is 0. The summed E-state index contributed by atoms with van der Waals surface area (Å²) in [5.74, 6) is 2.42. The van der Waals surface area contributed by atoms with Gasteiger partial charge in [-0.3, -0.25) is 4.99 Å². The molecular weight excluding hydrogens is 182 g/mol. The van der Waals surface area contributed by atoms with Crippen molar-refractivity contribution >= 4 is 17.7 Å². The van der Waals surface area contributed by atoms with Gasteiger partial charge in [0.2, 0.25) is 0 Å². The van der Waals surface area contributed by atoms with Crippen LogP contribution >= 0.6 is 11.8 Å². The predicted molar refractivity (Wildman–Crippen MR) is 59.9 cm³/mol. The Morgan fingerprint density at radius 3 is 2.38 bits per heavy atom. The molecule has 0 aromatic heterocycles. The Balaban J connectivity index is 2.26. The van der Waals surface area contributed by atoms with Crippen molar-refractivity contribution in [1.82, 2.24) is 0 Å². The number of guanidine groups is 1. The maximum absolute atomic E-state index is 5.34. The zero-order chi connectivity index (χ0) is 9.68. The molecule has 0 aromatic carbocycles. The van der Waals surface area contributed by atoms with Crippen LogP contribution < -0.4 is 11.5 Å². The Hall–Kier alpha value is -0.380. The van der Waals surface area contributed by atoms with Gasteiger partial charge >= 0.3 is 0 Å². The summed E-state index contributed by atoms with van der Waals surface area (Å²) in [4.78, 5) is 4.20. The van der Waals surface area contributed by atoms with Gasteiger partial charge in [0.15, 0.2) is 5.96 Å². The van der Waals surface area contributed by atoms with Gasteiger partial charge in [0.1, 0.15) is 0 Å². The van der Waals surface area contributed by atoms with Gasteiger partial charge in [-0.2, -0.15) is 11.8 Å². The van der Waals surface area contributed by atoms with E-state index in [1.54, 1.807) is 0 Å². The second-order valence-electron chi connectivity index (χ2n) is 3.68. The Labute approximate surface area is 84.4 Å². The third-order valence-electron chi connectivity index (χ3n) is 2.55. The standard InChI is InChI=1S/C9H19N3S/c1-13-6-7-2-4-8(5-3-7)12-9(10)11/h7-8H,2-6H2,1H3,(H4,10,11,12). The summed E-state index contributed by atoms with van der Waals surface area (Å²) in [6, 6.07) is 0.392. The fourth-order valence-electron chi connectivity index (χ4n) is 1.89. The van der Waals surface area contributed by atoms with Gasteiger partial charge in [0, 0.05) is 0 Å².